The Morgan fingerprint density at radius 1 is 1.50 bits per heavy atom. The second-order valence-electron chi connectivity index (χ2n) is 3.74. The van der Waals surface area contributed by atoms with Gasteiger partial charge in [0, 0.05) is 12.1 Å². The Hall–Kier alpha value is -1.67. The van der Waals surface area contributed by atoms with Gasteiger partial charge in [0.05, 0.1) is 12.4 Å². The lowest BCUT2D eigenvalue weighted by molar-refractivity contribution is 0.548. The van der Waals surface area contributed by atoms with Crippen LogP contribution in [0.4, 0.5) is 5.82 Å². The third-order valence-electron chi connectivity index (χ3n) is 1.49. The first-order valence-electron chi connectivity index (χ1n) is 4.26. The van der Waals surface area contributed by atoms with E-state index >= 15 is 0 Å². The molecule has 5 heteroatoms. The summed E-state index contributed by atoms with van der Waals surface area (Å²) in [6.45, 7) is 4.43. The highest BCUT2D eigenvalue weighted by Gasteiger charge is 2.09. The van der Waals surface area contributed by atoms with Crippen LogP contribution in [0.1, 0.15) is 19.5 Å². The summed E-state index contributed by atoms with van der Waals surface area (Å²) < 4.78 is 0. The highest BCUT2D eigenvalue weighted by molar-refractivity contribution is 5.33. The normalized spacial score (nSPS) is 10.7. The molecule has 14 heavy (non-hydrogen) atoms. The van der Waals surface area contributed by atoms with Gasteiger partial charge in [-0.1, -0.05) is 0 Å². The van der Waals surface area contributed by atoms with Crippen LogP contribution in [0.5, 0.6) is 0 Å². The van der Waals surface area contributed by atoms with Gasteiger partial charge in [-0.3, -0.25) is 0 Å². The molecule has 0 amide bonds. The van der Waals surface area contributed by atoms with Crippen LogP contribution in [0, 0.1) is 11.3 Å². The Kier molecular flexibility index (Phi) is 2.99. The standard InChI is InChI=1S/C9H13N5/c1-9(2,11)6-14-8-5-12-7(3-10)4-13-8/h4-5H,6,11H2,1-2H3,(H,13,14). The molecule has 0 aliphatic carbocycles. The van der Waals surface area contributed by atoms with Crippen molar-refractivity contribution in [2.75, 3.05) is 11.9 Å². The number of nitrogens with zero attached hydrogens (tertiary/aromatic N) is 3. The Bertz CT molecular complexity index is 330. The lowest BCUT2D eigenvalue weighted by Crippen LogP contribution is -2.39. The molecular weight excluding hydrogens is 178 g/mol. The van der Waals surface area contributed by atoms with Crippen LogP contribution in [0.3, 0.4) is 0 Å². The van der Waals surface area contributed by atoms with Crippen molar-refractivity contribution in [3.05, 3.63) is 18.1 Å². The minimum Gasteiger partial charge on any atom is -0.367 e. The summed E-state index contributed by atoms with van der Waals surface area (Å²) in [4.78, 5) is 7.87. The summed E-state index contributed by atoms with van der Waals surface area (Å²) in [5.41, 5.74) is 5.79. The molecule has 0 aliphatic rings. The van der Waals surface area contributed by atoms with E-state index in [1.54, 1.807) is 0 Å². The van der Waals surface area contributed by atoms with Crippen molar-refractivity contribution in [1.82, 2.24) is 9.97 Å². The molecule has 1 aromatic rings. The van der Waals surface area contributed by atoms with Gasteiger partial charge in [-0.25, -0.2) is 9.97 Å². The maximum atomic E-state index is 8.49. The van der Waals surface area contributed by atoms with Crippen molar-refractivity contribution in [2.45, 2.75) is 19.4 Å². The molecule has 0 unspecified atom stereocenters. The highest BCUT2D eigenvalue weighted by atomic mass is 15.0. The zero-order valence-electron chi connectivity index (χ0n) is 8.28. The van der Waals surface area contributed by atoms with Crippen LogP contribution < -0.4 is 11.1 Å². The fourth-order valence-electron chi connectivity index (χ4n) is 0.795. The fraction of sp³-hybridized carbons (Fsp3) is 0.444. The largest absolute Gasteiger partial charge is 0.367 e. The van der Waals surface area contributed by atoms with Crippen LogP contribution >= 0.6 is 0 Å². The summed E-state index contributed by atoms with van der Waals surface area (Å²) in [6, 6.07) is 1.90. The van der Waals surface area contributed by atoms with Crippen molar-refractivity contribution in [2.24, 2.45) is 5.73 Å². The quantitative estimate of drug-likeness (QED) is 0.726. The van der Waals surface area contributed by atoms with Crippen LogP contribution in [0.25, 0.3) is 0 Å². The molecule has 1 rings (SSSR count). The van der Waals surface area contributed by atoms with Crippen LogP contribution in [0.15, 0.2) is 12.4 Å². The van der Waals surface area contributed by atoms with Crippen molar-refractivity contribution < 1.29 is 0 Å². The van der Waals surface area contributed by atoms with E-state index in [1.807, 2.05) is 19.9 Å². The zero-order chi connectivity index (χ0) is 10.6. The number of rotatable bonds is 3. The van der Waals surface area contributed by atoms with Crippen molar-refractivity contribution in [3.63, 3.8) is 0 Å². The average Bonchev–Trinajstić information content (AvgIpc) is 2.14. The monoisotopic (exact) mass is 191 g/mol. The molecular formula is C9H13N5. The fourth-order valence-corrected chi connectivity index (χ4v) is 0.795. The lowest BCUT2D eigenvalue weighted by Gasteiger charge is -2.18. The van der Waals surface area contributed by atoms with Gasteiger partial charge in [0.15, 0.2) is 5.69 Å². The molecule has 1 heterocycles. The number of anilines is 1. The first kappa shape index (κ1) is 10.4. The van der Waals surface area contributed by atoms with Gasteiger partial charge in [-0.15, -0.1) is 0 Å². The third-order valence-corrected chi connectivity index (χ3v) is 1.49. The predicted octanol–water partition coefficient (Wildman–Crippen LogP) is 0.497. The topological polar surface area (TPSA) is 87.6 Å². The molecule has 3 N–H and O–H groups in total. The number of aromatic nitrogens is 2. The Balaban J connectivity index is 2.58. The molecule has 5 nitrogen and oxygen atoms in total. The first-order valence-corrected chi connectivity index (χ1v) is 4.26. The molecule has 0 saturated carbocycles. The van der Waals surface area contributed by atoms with E-state index in [0.29, 0.717) is 18.1 Å². The van der Waals surface area contributed by atoms with E-state index in [9.17, 15) is 0 Å². The van der Waals surface area contributed by atoms with Crippen LogP contribution in [-0.4, -0.2) is 22.1 Å². The summed E-state index contributed by atoms with van der Waals surface area (Å²) in [7, 11) is 0. The van der Waals surface area contributed by atoms with Gasteiger partial charge >= 0.3 is 0 Å². The number of hydrogen-bond acceptors (Lipinski definition) is 5. The van der Waals surface area contributed by atoms with Gasteiger partial charge in [-0.05, 0) is 13.8 Å². The summed E-state index contributed by atoms with van der Waals surface area (Å²) >= 11 is 0. The number of hydrogen-bond donors (Lipinski definition) is 2. The molecule has 74 valence electrons. The maximum Gasteiger partial charge on any atom is 0.158 e. The lowest BCUT2D eigenvalue weighted by atomic mass is 10.1. The van der Waals surface area contributed by atoms with E-state index < -0.39 is 0 Å². The highest BCUT2D eigenvalue weighted by Crippen LogP contribution is 2.03. The minimum absolute atomic E-state index is 0.296. The van der Waals surface area contributed by atoms with E-state index in [1.165, 1.54) is 12.4 Å². The molecule has 0 saturated heterocycles. The second-order valence-corrected chi connectivity index (χ2v) is 3.74. The van der Waals surface area contributed by atoms with Gasteiger partial charge in [0.25, 0.3) is 0 Å². The molecule has 0 atom stereocenters. The number of nitrogens with two attached hydrogens (primary N) is 1. The van der Waals surface area contributed by atoms with Gasteiger partial charge in [-0.2, -0.15) is 5.26 Å². The molecule has 0 aliphatic heterocycles. The molecule has 0 aromatic carbocycles. The number of nitrogens with one attached hydrogen (secondary N) is 1. The summed E-state index contributed by atoms with van der Waals surface area (Å²) in [6.07, 6.45) is 2.94. The maximum absolute atomic E-state index is 8.49. The second kappa shape index (κ2) is 4.03. The van der Waals surface area contributed by atoms with E-state index in [-0.39, 0.29) is 5.54 Å². The summed E-state index contributed by atoms with van der Waals surface area (Å²) in [5, 5.41) is 11.5. The van der Waals surface area contributed by atoms with Gasteiger partial charge in [0.1, 0.15) is 11.9 Å². The molecule has 0 spiro atoms. The first-order chi connectivity index (χ1) is 6.51. The average molecular weight is 191 g/mol. The Morgan fingerprint density at radius 2 is 2.21 bits per heavy atom. The number of nitriles is 1. The van der Waals surface area contributed by atoms with Crippen LogP contribution in [0.2, 0.25) is 0 Å². The van der Waals surface area contributed by atoms with Gasteiger partial charge in [0.2, 0.25) is 0 Å². The van der Waals surface area contributed by atoms with Crippen LogP contribution in [-0.2, 0) is 0 Å². The molecule has 1 aromatic heterocycles. The smallest absolute Gasteiger partial charge is 0.158 e. The third kappa shape index (κ3) is 3.37. The van der Waals surface area contributed by atoms with Gasteiger partial charge < -0.3 is 11.1 Å². The van der Waals surface area contributed by atoms with Crippen molar-refractivity contribution >= 4 is 5.82 Å². The predicted molar refractivity (Wildman–Crippen MR) is 53.5 cm³/mol. The minimum atomic E-state index is -0.296. The molecule has 0 fully saturated rings. The van der Waals surface area contributed by atoms with Crippen molar-refractivity contribution in [1.29, 1.82) is 5.26 Å². The molecule has 0 radical (unpaired) electrons. The SMILES string of the molecule is CC(C)(N)CNc1cnc(C#N)cn1. The Labute approximate surface area is 83.0 Å². The van der Waals surface area contributed by atoms with E-state index in [0.717, 1.165) is 0 Å². The van der Waals surface area contributed by atoms with Crippen molar-refractivity contribution in [3.8, 4) is 6.07 Å². The van der Waals surface area contributed by atoms with E-state index in [4.69, 9.17) is 11.0 Å². The zero-order valence-corrected chi connectivity index (χ0v) is 8.28. The van der Waals surface area contributed by atoms with E-state index in [2.05, 4.69) is 15.3 Å². The Morgan fingerprint density at radius 3 is 2.64 bits per heavy atom. The summed E-state index contributed by atoms with van der Waals surface area (Å²) in [5.74, 6) is 0.627. The molecule has 0 bridgehead atoms.